The highest BCUT2D eigenvalue weighted by Gasteiger charge is 2.37. The Morgan fingerprint density at radius 2 is 2.36 bits per heavy atom. The van der Waals surface area contributed by atoms with Crippen molar-refractivity contribution in [1.29, 1.82) is 0 Å². The Morgan fingerprint density at radius 1 is 1.64 bits per heavy atom. The first-order valence-corrected chi connectivity index (χ1v) is 4.63. The summed E-state index contributed by atoms with van der Waals surface area (Å²) < 4.78 is 10.9. The SMILES string of the molecule is CC1(C)OC[C@H]([C@@H](CC=O)CN=O)O1. The summed E-state index contributed by atoms with van der Waals surface area (Å²) in [5, 5.41) is 2.80. The minimum absolute atomic E-state index is 0.100. The number of nitrogens with zero attached hydrogens (tertiary/aromatic N) is 1. The van der Waals surface area contributed by atoms with Gasteiger partial charge in [-0.25, -0.2) is 0 Å². The fourth-order valence-corrected chi connectivity index (χ4v) is 1.51. The van der Waals surface area contributed by atoms with Crippen molar-refractivity contribution in [2.24, 2.45) is 11.1 Å². The smallest absolute Gasteiger partial charge is 0.163 e. The molecule has 0 spiro atoms. The second-order valence-corrected chi connectivity index (χ2v) is 3.84. The van der Waals surface area contributed by atoms with Gasteiger partial charge < -0.3 is 14.3 Å². The van der Waals surface area contributed by atoms with Gasteiger partial charge in [-0.2, -0.15) is 4.91 Å². The highest BCUT2D eigenvalue weighted by molar-refractivity contribution is 5.49. The molecule has 0 aliphatic carbocycles. The number of hydrogen-bond acceptors (Lipinski definition) is 5. The van der Waals surface area contributed by atoms with Crippen LogP contribution in [0.3, 0.4) is 0 Å². The van der Waals surface area contributed by atoms with Crippen molar-refractivity contribution in [1.82, 2.24) is 0 Å². The number of ether oxygens (including phenoxy) is 2. The number of nitroso groups, excluding NO2 is 1. The standard InChI is InChI=1S/C9H15NO4/c1-9(2)13-6-8(14-9)7(3-4-11)5-10-12/h4,7-8H,3,5-6H2,1-2H3/t7-,8+/m0/s1. The van der Waals surface area contributed by atoms with Crippen LogP contribution in [0.4, 0.5) is 0 Å². The molecule has 0 aromatic rings. The normalized spacial score (nSPS) is 27.1. The second-order valence-electron chi connectivity index (χ2n) is 3.84. The molecule has 1 aliphatic rings. The van der Waals surface area contributed by atoms with Gasteiger partial charge in [0.25, 0.3) is 0 Å². The molecular formula is C9H15NO4. The summed E-state index contributed by atoms with van der Waals surface area (Å²) in [6, 6.07) is 0. The minimum Gasteiger partial charge on any atom is -0.348 e. The summed E-state index contributed by atoms with van der Waals surface area (Å²) in [5.74, 6) is -0.777. The Hall–Kier alpha value is -0.810. The average molecular weight is 201 g/mol. The highest BCUT2D eigenvalue weighted by Crippen LogP contribution is 2.28. The van der Waals surface area contributed by atoms with E-state index in [2.05, 4.69) is 5.18 Å². The van der Waals surface area contributed by atoms with Gasteiger partial charge in [0.2, 0.25) is 0 Å². The average Bonchev–Trinajstić information content (AvgIpc) is 2.46. The molecule has 1 aliphatic heterocycles. The van der Waals surface area contributed by atoms with E-state index in [1.807, 2.05) is 0 Å². The Balaban J connectivity index is 2.52. The molecule has 0 amide bonds. The molecule has 14 heavy (non-hydrogen) atoms. The third-order valence-electron chi connectivity index (χ3n) is 2.26. The number of aldehydes is 1. The summed E-state index contributed by atoms with van der Waals surface area (Å²) >= 11 is 0. The molecule has 0 bridgehead atoms. The van der Waals surface area contributed by atoms with Gasteiger partial charge >= 0.3 is 0 Å². The van der Waals surface area contributed by atoms with E-state index < -0.39 is 5.79 Å². The van der Waals surface area contributed by atoms with Crippen LogP contribution < -0.4 is 0 Å². The lowest BCUT2D eigenvalue weighted by molar-refractivity contribution is -0.145. The predicted molar refractivity (Wildman–Crippen MR) is 49.7 cm³/mol. The van der Waals surface area contributed by atoms with Crippen molar-refractivity contribution in [3.8, 4) is 0 Å². The fraction of sp³-hybridized carbons (Fsp3) is 0.889. The largest absolute Gasteiger partial charge is 0.348 e. The maximum Gasteiger partial charge on any atom is 0.163 e. The molecule has 0 N–H and O–H groups in total. The zero-order valence-electron chi connectivity index (χ0n) is 8.43. The van der Waals surface area contributed by atoms with Crippen LogP contribution in [-0.4, -0.2) is 31.3 Å². The molecule has 1 rings (SSSR count). The van der Waals surface area contributed by atoms with Crippen LogP contribution in [-0.2, 0) is 14.3 Å². The third-order valence-corrected chi connectivity index (χ3v) is 2.26. The molecule has 80 valence electrons. The molecule has 0 aromatic heterocycles. The number of rotatable bonds is 5. The molecule has 0 saturated carbocycles. The van der Waals surface area contributed by atoms with Gasteiger partial charge in [-0.3, -0.25) is 0 Å². The van der Waals surface area contributed by atoms with Gasteiger partial charge in [0, 0.05) is 12.3 Å². The van der Waals surface area contributed by atoms with Crippen LogP contribution in [0, 0.1) is 10.8 Å². The van der Waals surface area contributed by atoms with Crippen LogP contribution in [0.15, 0.2) is 5.18 Å². The maximum atomic E-state index is 10.4. The third kappa shape index (κ3) is 2.85. The monoisotopic (exact) mass is 201 g/mol. The molecule has 0 radical (unpaired) electrons. The fourth-order valence-electron chi connectivity index (χ4n) is 1.51. The Labute approximate surface area is 82.7 Å². The van der Waals surface area contributed by atoms with Crippen LogP contribution >= 0.6 is 0 Å². The van der Waals surface area contributed by atoms with E-state index in [1.165, 1.54) is 0 Å². The van der Waals surface area contributed by atoms with Crippen molar-refractivity contribution in [2.45, 2.75) is 32.2 Å². The van der Waals surface area contributed by atoms with Crippen LogP contribution in [0.2, 0.25) is 0 Å². The summed E-state index contributed by atoms with van der Waals surface area (Å²) in [4.78, 5) is 20.5. The van der Waals surface area contributed by atoms with Gasteiger partial charge in [0.1, 0.15) is 6.29 Å². The van der Waals surface area contributed by atoms with Gasteiger partial charge in [0.15, 0.2) is 5.79 Å². The summed E-state index contributed by atoms with van der Waals surface area (Å²) in [7, 11) is 0. The Morgan fingerprint density at radius 3 is 2.79 bits per heavy atom. The molecule has 1 saturated heterocycles. The van der Waals surface area contributed by atoms with Gasteiger partial charge in [0.05, 0.1) is 19.3 Å². The first-order chi connectivity index (χ1) is 6.59. The zero-order valence-corrected chi connectivity index (χ0v) is 8.43. The van der Waals surface area contributed by atoms with E-state index in [0.717, 1.165) is 6.29 Å². The summed E-state index contributed by atoms with van der Waals surface area (Å²) in [5.41, 5.74) is 0. The highest BCUT2D eigenvalue weighted by atomic mass is 16.7. The van der Waals surface area contributed by atoms with E-state index in [-0.39, 0.29) is 25.0 Å². The van der Waals surface area contributed by atoms with Crippen molar-refractivity contribution < 1.29 is 14.3 Å². The van der Waals surface area contributed by atoms with E-state index in [4.69, 9.17) is 9.47 Å². The Bertz CT molecular complexity index is 207. The topological polar surface area (TPSA) is 65.0 Å². The molecule has 0 unspecified atom stereocenters. The summed E-state index contributed by atoms with van der Waals surface area (Å²) in [6.45, 7) is 4.13. The predicted octanol–water partition coefficient (Wildman–Crippen LogP) is 1.11. The van der Waals surface area contributed by atoms with E-state index in [0.29, 0.717) is 6.61 Å². The van der Waals surface area contributed by atoms with Crippen LogP contribution in [0.25, 0.3) is 0 Å². The molecule has 1 heterocycles. The second kappa shape index (κ2) is 4.61. The Kier molecular flexibility index (Phi) is 3.71. The molecule has 0 aromatic carbocycles. The van der Waals surface area contributed by atoms with E-state index >= 15 is 0 Å². The first-order valence-electron chi connectivity index (χ1n) is 4.63. The zero-order chi connectivity index (χ0) is 10.6. The van der Waals surface area contributed by atoms with Crippen molar-refractivity contribution in [3.63, 3.8) is 0 Å². The number of carbonyl (C=O) groups is 1. The van der Waals surface area contributed by atoms with E-state index in [9.17, 15) is 9.70 Å². The summed E-state index contributed by atoms with van der Waals surface area (Å²) in [6.07, 6.45) is 0.869. The number of hydrogen-bond donors (Lipinski definition) is 0. The van der Waals surface area contributed by atoms with E-state index in [1.54, 1.807) is 13.8 Å². The molecule has 2 atom stereocenters. The lowest BCUT2D eigenvalue weighted by atomic mass is 10.0. The lowest BCUT2D eigenvalue weighted by Crippen LogP contribution is -2.28. The first kappa shape index (κ1) is 11.3. The van der Waals surface area contributed by atoms with Gasteiger partial charge in [-0.1, -0.05) is 5.18 Å². The molecular weight excluding hydrogens is 186 g/mol. The molecule has 5 heteroatoms. The molecule has 1 fully saturated rings. The van der Waals surface area contributed by atoms with Crippen LogP contribution in [0.1, 0.15) is 20.3 Å². The number of carbonyl (C=O) groups excluding carboxylic acids is 1. The molecule has 5 nitrogen and oxygen atoms in total. The lowest BCUT2D eigenvalue weighted by Gasteiger charge is -2.20. The van der Waals surface area contributed by atoms with Crippen LogP contribution in [0.5, 0.6) is 0 Å². The van der Waals surface area contributed by atoms with Crippen molar-refractivity contribution >= 4 is 6.29 Å². The quantitative estimate of drug-likeness (QED) is 0.493. The van der Waals surface area contributed by atoms with Gasteiger partial charge in [-0.05, 0) is 13.8 Å². The minimum atomic E-state index is -0.616. The van der Waals surface area contributed by atoms with Gasteiger partial charge in [-0.15, -0.1) is 0 Å². The van der Waals surface area contributed by atoms with Crippen molar-refractivity contribution in [3.05, 3.63) is 4.91 Å². The van der Waals surface area contributed by atoms with Crippen molar-refractivity contribution in [2.75, 3.05) is 13.2 Å². The maximum absolute atomic E-state index is 10.4.